The Morgan fingerprint density at radius 3 is 0.923 bits per heavy atom. The zero-order valence-corrected chi connectivity index (χ0v) is 43.3. The lowest BCUT2D eigenvalue weighted by Gasteiger charge is -2.18. The van der Waals surface area contributed by atoms with Crippen LogP contribution in [-0.4, -0.2) is 37.2 Å². The summed E-state index contributed by atoms with van der Waals surface area (Å²) in [5.41, 5.74) is 0. The van der Waals surface area contributed by atoms with Crippen molar-refractivity contribution in [2.24, 2.45) is 0 Å². The third-order valence-electron chi connectivity index (χ3n) is 12.3. The number of ether oxygens (including phenoxy) is 3. The third-order valence-corrected chi connectivity index (χ3v) is 12.3. The fourth-order valence-corrected chi connectivity index (χ4v) is 8.08. The standard InChI is InChI=1S/C59H106O6/c1-4-7-10-13-16-19-22-24-26-28-29-31-33-35-38-41-44-47-50-53-59(62)65-56(54-63-57(60)51-48-45-42-39-36-21-18-15-12-9-6-3)55-64-58(61)52-49-46-43-40-37-34-32-30-27-25-23-20-17-14-11-8-5-2/h17,20,25,27,32,34,40,43,56H,4-16,18-19,21-24,26,28-31,33,35-39,41-42,44-55H2,1-3H3/b20-17-,27-25-,34-32-,43-40-/t56-/m0/s1. The molecule has 0 fully saturated rings. The molecule has 0 rings (SSSR count). The molecular formula is C59H106O6. The number of allylic oxidation sites excluding steroid dienone is 8. The molecule has 378 valence electrons. The molecule has 0 amide bonds. The molecule has 0 N–H and O–H groups in total. The first-order chi connectivity index (χ1) is 32.0. The number of carbonyl (C=O) groups excluding carboxylic acids is 3. The molecule has 0 radical (unpaired) electrons. The van der Waals surface area contributed by atoms with Crippen molar-refractivity contribution >= 4 is 17.9 Å². The van der Waals surface area contributed by atoms with Crippen LogP contribution in [0.15, 0.2) is 48.6 Å². The Labute approximate surface area is 403 Å². The monoisotopic (exact) mass is 911 g/mol. The van der Waals surface area contributed by atoms with E-state index < -0.39 is 6.10 Å². The van der Waals surface area contributed by atoms with Gasteiger partial charge in [0, 0.05) is 19.3 Å². The molecule has 0 unspecified atom stereocenters. The lowest BCUT2D eigenvalue weighted by atomic mass is 10.0. The lowest BCUT2D eigenvalue weighted by Crippen LogP contribution is -2.30. The first-order valence-corrected chi connectivity index (χ1v) is 28.1. The topological polar surface area (TPSA) is 78.9 Å². The van der Waals surface area contributed by atoms with Gasteiger partial charge < -0.3 is 14.2 Å². The summed E-state index contributed by atoms with van der Waals surface area (Å²) >= 11 is 0. The first-order valence-electron chi connectivity index (χ1n) is 28.1. The SMILES string of the molecule is CCCCC/C=C\C/C=C\C/C=C\C/C=C\CCCC(=O)OC[C@H](COC(=O)CCCCCCCCCCCCC)OC(=O)CCCCCCCCCCCCCCCCCCCCC. The van der Waals surface area contributed by atoms with Crippen molar-refractivity contribution in [3.05, 3.63) is 48.6 Å². The van der Waals surface area contributed by atoms with E-state index in [9.17, 15) is 14.4 Å². The summed E-state index contributed by atoms with van der Waals surface area (Å²) in [6, 6.07) is 0. The zero-order valence-electron chi connectivity index (χ0n) is 43.3. The van der Waals surface area contributed by atoms with Crippen LogP contribution in [0.25, 0.3) is 0 Å². The molecule has 0 aromatic carbocycles. The maximum Gasteiger partial charge on any atom is 0.306 e. The molecule has 65 heavy (non-hydrogen) atoms. The van der Waals surface area contributed by atoms with Crippen molar-refractivity contribution in [2.45, 2.75) is 297 Å². The van der Waals surface area contributed by atoms with Crippen molar-refractivity contribution in [3.8, 4) is 0 Å². The molecule has 0 aliphatic rings. The minimum Gasteiger partial charge on any atom is -0.462 e. The fourth-order valence-electron chi connectivity index (χ4n) is 8.08. The number of unbranched alkanes of at least 4 members (excludes halogenated alkanes) is 32. The molecule has 0 aromatic heterocycles. The summed E-state index contributed by atoms with van der Waals surface area (Å²) in [4.78, 5) is 38.0. The second-order valence-electron chi connectivity index (χ2n) is 18.9. The smallest absolute Gasteiger partial charge is 0.306 e. The molecule has 0 spiro atoms. The van der Waals surface area contributed by atoms with Crippen molar-refractivity contribution in [1.29, 1.82) is 0 Å². The van der Waals surface area contributed by atoms with Crippen LogP contribution in [-0.2, 0) is 28.6 Å². The van der Waals surface area contributed by atoms with Crippen LogP contribution in [0.4, 0.5) is 0 Å². The molecule has 6 nitrogen and oxygen atoms in total. The number of hydrogen-bond donors (Lipinski definition) is 0. The van der Waals surface area contributed by atoms with E-state index in [2.05, 4.69) is 69.4 Å². The summed E-state index contributed by atoms with van der Waals surface area (Å²) in [6.45, 7) is 6.59. The average molecular weight is 911 g/mol. The van der Waals surface area contributed by atoms with Crippen molar-refractivity contribution in [3.63, 3.8) is 0 Å². The van der Waals surface area contributed by atoms with Crippen molar-refractivity contribution in [1.82, 2.24) is 0 Å². The molecule has 0 saturated heterocycles. The van der Waals surface area contributed by atoms with E-state index in [1.807, 2.05) is 0 Å². The van der Waals surface area contributed by atoms with Crippen LogP contribution in [0, 0.1) is 0 Å². The average Bonchev–Trinajstić information content (AvgIpc) is 3.30. The molecule has 1 atom stereocenters. The molecule has 0 heterocycles. The largest absolute Gasteiger partial charge is 0.462 e. The predicted molar refractivity (Wildman–Crippen MR) is 279 cm³/mol. The van der Waals surface area contributed by atoms with Gasteiger partial charge in [0.15, 0.2) is 6.10 Å². The Kier molecular flexibility index (Phi) is 51.8. The van der Waals surface area contributed by atoms with Crippen LogP contribution >= 0.6 is 0 Å². The minimum absolute atomic E-state index is 0.0860. The summed E-state index contributed by atoms with van der Waals surface area (Å²) in [6.07, 6.45) is 65.4. The Hall–Kier alpha value is -2.63. The van der Waals surface area contributed by atoms with Gasteiger partial charge in [0.2, 0.25) is 0 Å². The van der Waals surface area contributed by atoms with Gasteiger partial charge in [-0.3, -0.25) is 14.4 Å². The van der Waals surface area contributed by atoms with E-state index in [-0.39, 0.29) is 37.5 Å². The highest BCUT2D eigenvalue weighted by molar-refractivity contribution is 5.71. The van der Waals surface area contributed by atoms with E-state index >= 15 is 0 Å². The van der Waals surface area contributed by atoms with Crippen LogP contribution in [0.2, 0.25) is 0 Å². The maximum atomic E-state index is 12.8. The summed E-state index contributed by atoms with van der Waals surface area (Å²) < 4.78 is 16.8. The van der Waals surface area contributed by atoms with E-state index in [1.54, 1.807) is 0 Å². The highest BCUT2D eigenvalue weighted by Crippen LogP contribution is 2.16. The molecular weight excluding hydrogens is 805 g/mol. The lowest BCUT2D eigenvalue weighted by molar-refractivity contribution is -0.167. The summed E-state index contributed by atoms with van der Waals surface area (Å²) in [5.74, 6) is -0.931. The number of hydrogen-bond acceptors (Lipinski definition) is 6. The molecule has 6 heteroatoms. The van der Waals surface area contributed by atoms with Gasteiger partial charge in [-0.2, -0.15) is 0 Å². The van der Waals surface area contributed by atoms with E-state index in [0.717, 1.165) is 64.2 Å². The highest BCUT2D eigenvalue weighted by atomic mass is 16.6. The molecule has 0 aromatic rings. The van der Waals surface area contributed by atoms with E-state index in [1.165, 1.54) is 180 Å². The van der Waals surface area contributed by atoms with Gasteiger partial charge >= 0.3 is 17.9 Å². The Balaban J connectivity index is 4.38. The predicted octanol–water partition coefficient (Wildman–Crippen LogP) is 18.7. The quantitative estimate of drug-likeness (QED) is 0.0262. The summed E-state index contributed by atoms with van der Waals surface area (Å²) in [7, 11) is 0. The molecule has 0 saturated carbocycles. The highest BCUT2D eigenvalue weighted by Gasteiger charge is 2.19. The van der Waals surface area contributed by atoms with Crippen LogP contribution in [0.1, 0.15) is 290 Å². The van der Waals surface area contributed by atoms with Gasteiger partial charge in [-0.05, 0) is 57.8 Å². The van der Waals surface area contributed by atoms with Gasteiger partial charge in [0.1, 0.15) is 13.2 Å². The van der Waals surface area contributed by atoms with Crippen LogP contribution < -0.4 is 0 Å². The molecule has 0 aliphatic heterocycles. The maximum absolute atomic E-state index is 12.8. The van der Waals surface area contributed by atoms with Crippen LogP contribution in [0.5, 0.6) is 0 Å². The Morgan fingerprint density at radius 1 is 0.308 bits per heavy atom. The fraction of sp³-hybridized carbons (Fsp3) is 0.814. The van der Waals surface area contributed by atoms with Gasteiger partial charge in [0.05, 0.1) is 0 Å². The van der Waals surface area contributed by atoms with Gasteiger partial charge in [0.25, 0.3) is 0 Å². The van der Waals surface area contributed by atoms with Crippen LogP contribution in [0.3, 0.4) is 0 Å². The molecule has 0 aliphatic carbocycles. The van der Waals surface area contributed by atoms with Crippen molar-refractivity contribution < 1.29 is 28.6 Å². The van der Waals surface area contributed by atoms with Crippen molar-refractivity contribution in [2.75, 3.05) is 13.2 Å². The molecule has 0 bridgehead atoms. The van der Waals surface area contributed by atoms with Gasteiger partial charge in [-0.25, -0.2) is 0 Å². The normalized spacial score (nSPS) is 12.4. The number of carbonyl (C=O) groups is 3. The van der Waals surface area contributed by atoms with E-state index in [4.69, 9.17) is 14.2 Å². The minimum atomic E-state index is -0.790. The number of rotatable bonds is 51. The first kappa shape index (κ1) is 62.4. The van der Waals surface area contributed by atoms with Gasteiger partial charge in [-0.15, -0.1) is 0 Å². The van der Waals surface area contributed by atoms with E-state index in [0.29, 0.717) is 19.3 Å². The Morgan fingerprint density at radius 2 is 0.569 bits per heavy atom. The number of esters is 3. The second-order valence-corrected chi connectivity index (χ2v) is 18.9. The zero-order chi connectivity index (χ0) is 47.2. The Bertz CT molecular complexity index is 1140. The summed E-state index contributed by atoms with van der Waals surface area (Å²) in [5, 5.41) is 0. The second kappa shape index (κ2) is 54.0. The third kappa shape index (κ3) is 52.2. The van der Waals surface area contributed by atoms with Gasteiger partial charge in [-0.1, -0.05) is 262 Å².